The molecule has 2 heterocycles. The van der Waals surface area contributed by atoms with E-state index in [0.29, 0.717) is 40.7 Å². The molecule has 2 N–H and O–H groups in total. The predicted molar refractivity (Wildman–Crippen MR) is 105 cm³/mol. The number of aromatic nitrogens is 1. The fraction of sp³-hybridized carbons (Fsp3) is 0.316. The zero-order valence-electron chi connectivity index (χ0n) is 15.2. The third-order valence-electron chi connectivity index (χ3n) is 4.60. The van der Waals surface area contributed by atoms with E-state index in [-0.39, 0.29) is 17.1 Å². The molecule has 10 heteroatoms. The van der Waals surface area contributed by atoms with Crippen molar-refractivity contribution in [3.05, 3.63) is 63.7 Å². The first-order valence-electron chi connectivity index (χ1n) is 8.52. The van der Waals surface area contributed by atoms with Gasteiger partial charge in [0.1, 0.15) is 11.5 Å². The van der Waals surface area contributed by atoms with Crippen LogP contribution in [0.1, 0.15) is 40.5 Å². The van der Waals surface area contributed by atoms with Gasteiger partial charge in [0.05, 0.1) is 16.1 Å². The van der Waals surface area contributed by atoms with Gasteiger partial charge in [-0.3, -0.25) is 14.8 Å². The minimum atomic E-state index is -4.61. The van der Waals surface area contributed by atoms with Crippen molar-refractivity contribution in [2.24, 2.45) is 10.7 Å². The van der Waals surface area contributed by atoms with Crippen LogP contribution in [0.5, 0.6) is 0 Å². The summed E-state index contributed by atoms with van der Waals surface area (Å²) < 4.78 is 52.7. The van der Waals surface area contributed by atoms with Crippen molar-refractivity contribution in [1.82, 2.24) is 4.98 Å². The van der Waals surface area contributed by atoms with E-state index in [1.54, 1.807) is 6.92 Å². The summed E-state index contributed by atoms with van der Waals surface area (Å²) in [4.78, 5) is 20.5. The minimum absolute atomic E-state index is 0.199. The molecule has 0 saturated carbocycles. The van der Waals surface area contributed by atoms with Gasteiger partial charge in [-0.2, -0.15) is 13.2 Å². The molecule has 0 saturated heterocycles. The highest BCUT2D eigenvalue weighted by molar-refractivity contribution is 8.13. The monoisotopic (exact) mass is 445 g/mol. The van der Waals surface area contributed by atoms with Crippen LogP contribution < -0.4 is 5.73 Å². The summed E-state index contributed by atoms with van der Waals surface area (Å²) >= 11 is 7.22. The summed E-state index contributed by atoms with van der Waals surface area (Å²) in [5.74, 6) is -0.369. The number of nitrogens with two attached hydrogens (primary N) is 1. The van der Waals surface area contributed by atoms with Gasteiger partial charge in [0.25, 0.3) is 0 Å². The fourth-order valence-electron chi connectivity index (χ4n) is 3.04. The number of hydrogen-bond acceptors (Lipinski definition) is 5. The van der Waals surface area contributed by atoms with E-state index < -0.39 is 28.9 Å². The van der Waals surface area contributed by atoms with Gasteiger partial charge in [0.15, 0.2) is 11.0 Å². The van der Waals surface area contributed by atoms with E-state index in [9.17, 15) is 22.4 Å². The summed E-state index contributed by atoms with van der Waals surface area (Å²) in [7, 11) is 0. The van der Waals surface area contributed by atoms with Gasteiger partial charge in [-0.05, 0) is 37.1 Å². The third kappa shape index (κ3) is 4.72. The van der Waals surface area contributed by atoms with Crippen LogP contribution in [0.2, 0.25) is 5.02 Å². The van der Waals surface area contributed by atoms with Gasteiger partial charge in [-0.15, -0.1) is 0 Å². The first kappa shape index (κ1) is 21.6. The molecule has 2 aromatic rings. The zero-order valence-corrected chi connectivity index (χ0v) is 16.8. The average molecular weight is 446 g/mol. The lowest BCUT2D eigenvalue weighted by atomic mass is 9.87. The Morgan fingerprint density at radius 1 is 1.34 bits per heavy atom. The van der Waals surface area contributed by atoms with Gasteiger partial charge in [-0.1, -0.05) is 29.4 Å². The minimum Gasteiger partial charge on any atom is -0.379 e. The van der Waals surface area contributed by atoms with E-state index in [1.807, 2.05) is 0 Å². The lowest BCUT2D eigenvalue weighted by molar-refractivity contribution is -0.137. The first-order valence-corrected chi connectivity index (χ1v) is 9.89. The van der Waals surface area contributed by atoms with Crippen LogP contribution in [0.25, 0.3) is 0 Å². The second-order valence-electron chi connectivity index (χ2n) is 6.79. The maximum Gasteiger partial charge on any atom is 0.417 e. The van der Waals surface area contributed by atoms with Gasteiger partial charge < -0.3 is 5.73 Å². The van der Waals surface area contributed by atoms with Gasteiger partial charge in [-0.25, -0.2) is 4.39 Å². The summed E-state index contributed by atoms with van der Waals surface area (Å²) in [5, 5.41) is -0.0267. The number of alkyl halides is 3. The highest BCUT2D eigenvalue weighted by Crippen LogP contribution is 2.37. The topological polar surface area (TPSA) is 68.3 Å². The second kappa shape index (κ2) is 7.95. The number of pyridine rings is 1. The van der Waals surface area contributed by atoms with E-state index in [4.69, 9.17) is 17.3 Å². The fourth-order valence-corrected chi connectivity index (χ4v) is 4.29. The molecule has 1 aliphatic heterocycles. The highest BCUT2D eigenvalue weighted by Gasteiger charge is 2.33. The van der Waals surface area contributed by atoms with Crippen LogP contribution in [-0.2, 0) is 18.1 Å². The number of amidine groups is 1. The summed E-state index contributed by atoms with van der Waals surface area (Å²) in [6.07, 6.45) is -3.68. The molecule has 0 spiro atoms. The molecule has 0 bridgehead atoms. The second-order valence-corrected chi connectivity index (χ2v) is 8.31. The maximum absolute atomic E-state index is 14.5. The number of rotatable bonds is 4. The van der Waals surface area contributed by atoms with Gasteiger partial charge >= 0.3 is 6.18 Å². The van der Waals surface area contributed by atoms with E-state index in [2.05, 4.69) is 9.98 Å². The van der Waals surface area contributed by atoms with Crippen molar-refractivity contribution < 1.29 is 22.4 Å². The molecule has 1 aliphatic rings. The standard InChI is InChI=1S/C19H16ClF4N3OS/c1-18(4-5-29-17(25)27-18)12-6-10(2-3-14(12)21)7-15(28)16-13(20)8-11(9-26-16)19(22,23)24/h2-3,6,8-9H,4-5,7H2,1H3,(H2,25,27)/t18-/m0/s1. The Hall–Kier alpha value is -2.13. The van der Waals surface area contributed by atoms with Crippen molar-refractivity contribution in [2.45, 2.75) is 31.5 Å². The molecule has 3 rings (SSSR count). The largest absolute Gasteiger partial charge is 0.417 e. The van der Waals surface area contributed by atoms with E-state index in [1.165, 1.54) is 30.0 Å². The Morgan fingerprint density at radius 3 is 2.69 bits per heavy atom. The van der Waals surface area contributed by atoms with Crippen molar-refractivity contribution >= 4 is 34.3 Å². The molecule has 1 aromatic heterocycles. The Morgan fingerprint density at radius 2 is 2.07 bits per heavy atom. The number of benzene rings is 1. The zero-order chi connectivity index (χ0) is 21.4. The van der Waals surface area contributed by atoms with Crippen LogP contribution >= 0.6 is 23.4 Å². The van der Waals surface area contributed by atoms with Crippen molar-refractivity contribution in [3.63, 3.8) is 0 Å². The third-order valence-corrected chi connectivity index (χ3v) is 5.69. The highest BCUT2D eigenvalue weighted by atomic mass is 35.5. The van der Waals surface area contributed by atoms with Crippen LogP contribution in [-0.4, -0.2) is 21.7 Å². The normalized spacial score (nSPS) is 19.7. The van der Waals surface area contributed by atoms with Gasteiger partial charge in [0, 0.05) is 23.9 Å². The smallest absolute Gasteiger partial charge is 0.379 e. The van der Waals surface area contributed by atoms with Crippen LogP contribution in [0.3, 0.4) is 0 Å². The molecule has 0 radical (unpaired) electrons. The van der Waals surface area contributed by atoms with Gasteiger partial charge in [0.2, 0.25) is 0 Å². The summed E-state index contributed by atoms with van der Waals surface area (Å²) in [6, 6.07) is 4.86. The Balaban J connectivity index is 1.88. The molecule has 4 nitrogen and oxygen atoms in total. The average Bonchev–Trinajstić information content (AvgIpc) is 2.62. The molecular formula is C19H16ClF4N3OS. The number of nitrogens with zero attached hydrogens (tertiary/aromatic N) is 2. The van der Waals surface area contributed by atoms with E-state index in [0.717, 1.165) is 0 Å². The number of hydrogen-bond donors (Lipinski definition) is 1. The summed E-state index contributed by atoms with van der Waals surface area (Å²) in [5.41, 5.74) is 4.39. The number of carbonyl (C=O) groups excluding carboxylic acids is 1. The number of aliphatic imine (C=N–C) groups is 1. The molecule has 1 aromatic carbocycles. The van der Waals surface area contributed by atoms with Crippen LogP contribution in [0.4, 0.5) is 17.6 Å². The number of carbonyl (C=O) groups is 1. The SMILES string of the molecule is C[C@@]1(c2cc(CC(=O)c3ncc(C(F)(F)F)cc3Cl)ccc2F)CCSC(N)=N1. The van der Waals surface area contributed by atoms with E-state index >= 15 is 0 Å². The van der Waals surface area contributed by atoms with Crippen molar-refractivity contribution in [2.75, 3.05) is 5.75 Å². The number of thioether (sulfide) groups is 1. The molecule has 0 unspecified atom stereocenters. The number of ketones is 1. The molecule has 0 fully saturated rings. The molecule has 29 heavy (non-hydrogen) atoms. The Labute approximate surface area is 173 Å². The molecule has 0 aliphatic carbocycles. The molecular weight excluding hydrogens is 430 g/mol. The van der Waals surface area contributed by atoms with Crippen molar-refractivity contribution in [1.29, 1.82) is 0 Å². The summed E-state index contributed by atoms with van der Waals surface area (Å²) in [6.45, 7) is 1.76. The molecule has 0 amide bonds. The lowest BCUT2D eigenvalue weighted by Gasteiger charge is -2.30. The Kier molecular flexibility index (Phi) is 5.91. The predicted octanol–water partition coefficient (Wildman–Crippen LogP) is 4.99. The van der Waals surface area contributed by atoms with Crippen LogP contribution in [0, 0.1) is 5.82 Å². The lowest BCUT2D eigenvalue weighted by Crippen LogP contribution is -2.29. The van der Waals surface area contributed by atoms with Crippen LogP contribution in [0.15, 0.2) is 35.5 Å². The quantitative estimate of drug-likeness (QED) is 0.532. The first-order chi connectivity index (χ1) is 13.5. The Bertz CT molecular complexity index is 996. The van der Waals surface area contributed by atoms with Crippen molar-refractivity contribution in [3.8, 4) is 0 Å². The number of halogens is 5. The maximum atomic E-state index is 14.5. The molecule has 1 atom stereocenters. The number of Topliss-reactive ketones (excluding diaryl/α,β-unsaturated/α-hetero) is 1. The molecule has 154 valence electrons.